The van der Waals surface area contributed by atoms with Gasteiger partial charge in [-0.3, -0.25) is 0 Å². The summed E-state index contributed by atoms with van der Waals surface area (Å²) >= 11 is 0. The van der Waals surface area contributed by atoms with Gasteiger partial charge in [0.1, 0.15) is 6.10 Å². The fourth-order valence-corrected chi connectivity index (χ4v) is 4.75. The molecule has 0 unspecified atom stereocenters. The number of hydrogen-bond donors (Lipinski definition) is 1. The van der Waals surface area contributed by atoms with Gasteiger partial charge in [-0.25, -0.2) is 4.79 Å². The van der Waals surface area contributed by atoms with E-state index in [2.05, 4.69) is 47.0 Å². The summed E-state index contributed by atoms with van der Waals surface area (Å²) in [7, 11) is -2.39. The van der Waals surface area contributed by atoms with Gasteiger partial charge in [0.15, 0.2) is 25.8 Å². The van der Waals surface area contributed by atoms with Crippen LogP contribution < -0.4 is 0 Å². The molecule has 0 saturated carbocycles. The lowest BCUT2D eigenvalue weighted by Crippen LogP contribution is -2.63. The second-order valence-electron chi connectivity index (χ2n) is 10.2. The summed E-state index contributed by atoms with van der Waals surface area (Å²) in [5, 5.41) is 10.9. The van der Waals surface area contributed by atoms with E-state index in [4.69, 9.17) is 18.6 Å². The molecule has 1 aliphatic heterocycles. The highest BCUT2D eigenvalue weighted by molar-refractivity contribution is 6.74. The monoisotopic (exact) mass is 462 g/mol. The van der Waals surface area contributed by atoms with Gasteiger partial charge in [0.05, 0.1) is 18.3 Å². The SMILES string of the molecule is C=C[C@@H](O)[C@H](O[Si](C)(C)C(C)(C)C)[C@@]1([C@@H](C=C)OC(=O)c2ccccc2)COC(C)(C)O1. The third-order valence-electron chi connectivity index (χ3n) is 6.28. The van der Waals surface area contributed by atoms with E-state index in [1.165, 1.54) is 12.2 Å². The first-order valence-corrected chi connectivity index (χ1v) is 13.8. The molecule has 1 saturated heterocycles. The number of carbonyl (C=O) groups excluding carboxylic acids is 1. The van der Waals surface area contributed by atoms with Gasteiger partial charge >= 0.3 is 5.97 Å². The summed E-state index contributed by atoms with van der Waals surface area (Å²) in [6.07, 6.45) is -0.00770. The predicted molar refractivity (Wildman–Crippen MR) is 128 cm³/mol. The Bertz CT molecular complexity index is 813. The number of hydrogen-bond acceptors (Lipinski definition) is 6. The maximum Gasteiger partial charge on any atom is 0.338 e. The summed E-state index contributed by atoms with van der Waals surface area (Å²) in [6, 6.07) is 8.70. The third-order valence-corrected chi connectivity index (χ3v) is 10.7. The van der Waals surface area contributed by atoms with Gasteiger partial charge in [0.25, 0.3) is 0 Å². The average Bonchev–Trinajstić information content (AvgIpc) is 3.05. The van der Waals surface area contributed by atoms with Crippen LogP contribution in [0.2, 0.25) is 18.1 Å². The minimum atomic E-state index is -2.39. The number of rotatable bonds is 9. The number of aliphatic hydroxyl groups excluding tert-OH is 1. The zero-order valence-electron chi connectivity index (χ0n) is 20.4. The Labute approximate surface area is 193 Å². The van der Waals surface area contributed by atoms with Crippen LogP contribution in [0.1, 0.15) is 45.0 Å². The van der Waals surface area contributed by atoms with Crippen molar-refractivity contribution >= 4 is 14.3 Å². The quantitative estimate of drug-likeness (QED) is 0.321. The minimum Gasteiger partial charge on any atom is -0.451 e. The van der Waals surface area contributed by atoms with Crippen LogP contribution >= 0.6 is 0 Å². The van der Waals surface area contributed by atoms with E-state index < -0.39 is 44.0 Å². The van der Waals surface area contributed by atoms with Gasteiger partial charge in [0.2, 0.25) is 0 Å². The van der Waals surface area contributed by atoms with Crippen molar-refractivity contribution in [2.45, 2.75) is 82.5 Å². The molecule has 1 aromatic rings. The molecule has 4 atom stereocenters. The standard InChI is InChI=1S/C25H38O6Si/c1-10-19(26)21(30-32(8,9)23(3,4)5)25(17-28-24(6,7)31-25)20(11-2)29-22(27)18-15-13-12-14-16-18/h10-16,19-21,26H,1-2,17H2,3-9H3/t19-,20-,21+,25+/m1/s1. The lowest BCUT2D eigenvalue weighted by atomic mass is 9.87. The molecule has 178 valence electrons. The number of carbonyl (C=O) groups is 1. The van der Waals surface area contributed by atoms with Crippen LogP contribution in [0.4, 0.5) is 0 Å². The third kappa shape index (κ3) is 5.58. The van der Waals surface area contributed by atoms with Crippen LogP contribution in [0.15, 0.2) is 55.6 Å². The smallest absolute Gasteiger partial charge is 0.338 e. The second kappa shape index (κ2) is 9.61. The van der Waals surface area contributed by atoms with Crippen LogP contribution in [0.5, 0.6) is 0 Å². The number of benzene rings is 1. The molecule has 32 heavy (non-hydrogen) atoms. The molecular weight excluding hydrogens is 424 g/mol. The summed E-state index contributed by atoms with van der Waals surface area (Å²) in [4.78, 5) is 12.9. The Hall–Kier alpha value is -1.77. The molecule has 0 radical (unpaired) electrons. The number of ether oxygens (including phenoxy) is 3. The molecule has 6 nitrogen and oxygen atoms in total. The van der Waals surface area contributed by atoms with Crippen LogP contribution in [-0.2, 0) is 18.6 Å². The van der Waals surface area contributed by atoms with Crippen molar-refractivity contribution in [3.05, 3.63) is 61.2 Å². The Morgan fingerprint density at radius 2 is 1.78 bits per heavy atom. The van der Waals surface area contributed by atoms with Gasteiger partial charge < -0.3 is 23.7 Å². The maximum absolute atomic E-state index is 12.9. The van der Waals surface area contributed by atoms with Crippen molar-refractivity contribution in [2.24, 2.45) is 0 Å². The van der Waals surface area contributed by atoms with Gasteiger partial charge in [0, 0.05) is 0 Å². The predicted octanol–water partition coefficient (Wildman–Crippen LogP) is 4.86. The summed E-state index contributed by atoms with van der Waals surface area (Å²) in [6.45, 7) is 21.8. The normalized spacial score (nSPS) is 23.8. The molecule has 1 fully saturated rings. The van der Waals surface area contributed by atoms with Gasteiger partial charge in [-0.1, -0.05) is 51.6 Å². The molecule has 0 aliphatic carbocycles. The van der Waals surface area contributed by atoms with Crippen LogP contribution in [0.25, 0.3) is 0 Å². The van der Waals surface area contributed by atoms with E-state index >= 15 is 0 Å². The largest absolute Gasteiger partial charge is 0.451 e. The lowest BCUT2D eigenvalue weighted by molar-refractivity contribution is -0.213. The van der Waals surface area contributed by atoms with E-state index in [9.17, 15) is 9.90 Å². The maximum atomic E-state index is 12.9. The van der Waals surface area contributed by atoms with Gasteiger partial charge in [-0.05, 0) is 50.2 Å². The molecule has 1 aliphatic rings. The Kier molecular flexibility index (Phi) is 7.95. The average molecular weight is 463 g/mol. The van der Waals surface area contributed by atoms with E-state index in [1.807, 2.05) is 6.07 Å². The Balaban J connectivity index is 2.53. The molecule has 1 aromatic carbocycles. The van der Waals surface area contributed by atoms with E-state index in [0.717, 1.165) is 0 Å². The van der Waals surface area contributed by atoms with E-state index in [1.54, 1.807) is 38.1 Å². The molecule has 7 heteroatoms. The summed E-state index contributed by atoms with van der Waals surface area (Å²) in [5.41, 5.74) is -0.919. The molecule has 0 bridgehead atoms. The first-order valence-electron chi connectivity index (χ1n) is 10.9. The van der Waals surface area contributed by atoms with Crippen molar-refractivity contribution in [2.75, 3.05) is 6.61 Å². The van der Waals surface area contributed by atoms with Gasteiger partial charge in [-0.15, -0.1) is 6.58 Å². The molecule has 0 amide bonds. The molecular formula is C25H38O6Si. The minimum absolute atomic E-state index is 0.0446. The van der Waals surface area contributed by atoms with Crippen molar-refractivity contribution in [3.63, 3.8) is 0 Å². The van der Waals surface area contributed by atoms with Crippen molar-refractivity contribution in [3.8, 4) is 0 Å². The number of esters is 1. The molecule has 0 aromatic heterocycles. The highest BCUT2D eigenvalue weighted by Gasteiger charge is 2.60. The van der Waals surface area contributed by atoms with Crippen LogP contribution in [0.3, 0.4) is 0 Å². The van der Waals surface area contributed by atoms with E-state index in [0.29, 0.717) is 5.56 Å². The molecule has 1 heterocycles. The lowest BCUT2D eigenvalue weighted by Gasteiger charge is -2.47. The van der Waals surface area contributed by atoms with Crippen molar-refractivity contribution < 1.29 is 28.5 Å². The van der Waals surface area contributed by atoms with Crippen LogP contribution in [0, 0.1) is 0 Å². The molecule has 2 rings (SSSR count). The fraction of sp³-hybridized carbons (Fsp3) is 0.560. The summed E-state index contributed by atoms with van der Waals surface area (Å²) < 4.78 is 24.9. The first-order chi connectivity index (χ1) is 14.7. The zero-order valence-corrected chi connectivity index (χ0v) is 21.4. The number of aliphatic hydroxyl groups is 1. The Morgan fingerprint density at radius 3 is 2.22 bits per heavy atom. The van der Waals surface area contributed by atoms with Crippen LogP contribution in [-0.4, -0.2) is 55.7 Å². The van der Waals surface area contributed by atoms with E-state index in [-0.39, 0.29) is 11.6 Å². The molecule has 0 spiro atoms. The fourth-order valence-electron chi connectivity index (χ4n) is 3.43. The Morgan fingerprint density at radius 1 is 1.19 bits per heavy atom. The molecule has 1 N–H and O–H groups in total. The summed E-state index contributed by atoms with van der Waals surface area (Å²) in [5.74, 6) is -1.50. The first kappa shape index (κ1) is 26.5. The van der Waals surface area contributed by atoms with Crippen molar-refractivity contribution in [1.29, 1.82) is 0 Å². The topological polar surface area (TPSA) is 74.2 Å². The highest BCUT2D eigenvalue weighted by atomic mass is 28.4. The zero-order chi connectivity index (χ0) is 24.4. The van der Waals surface area contributed by atoms with Gasteiger partial charge in [-0.2, -0.15) is 0 Å². The van der Waals surface area contributed by atoms with Crippen molar-refractivity contribution in [1.82, 2.24) is 0 Å². The highest BCUT2D eigenvalue weighted by Crippen LogP contribution is 2.45. The second-order valence-corrected chi connectivity index (χ2v) is 15.0.